The first kappa shape index (κ1) is 13.2. The van der Waals surface area contributed by atoms with Gasteiger partial charge in [-0.15, -0.1) is 0 Å². The van der Waals surface area contributed by atoms with Crippen LogP contribution < -0.4 is 5.32 Å². The lowest BCUT2D eigenvalue weighted by atomic mass is 9.99. The molecule has 1 aromatic rings. The molecule has 2 nitrogen and oxygen atoms in total. The minimum Gasteiger partial charge on any atom is -0.395 e. The van der Waals surface area contributed by atoms with Crippen molar-refractivity contribution in [2.45, 2.75) is 39.8 Å². The lowest BCUT2D eigenvalue weighted by molar-refractivity contribution is 0.201. The molecule has 2 heteroatoms. The SMILES string of the molecule is Cc1ccccc1C(C)N[C@H](CO)C(C)C. The largest absolute Gasteiger partial charge is 0.395 e. The molecule has 0 aliphatic rings. The van der Waals surface area contributed by atoms with Gasteiger partial charge in [-0.25, -0.2) is 0 Å². The minimum absolute atomic E-state index is 0.162. The second-order valence-electron chi connectivity index (χ2n) is 4.78. The molecule has 0 saturated carbocycles. The fourth-order valence-corrected chi connectivity index (χ4v) is 1.94. The summed E-state index contributed by atoms with van der Waals surface area (Å²) in [6.07, 6.45) is 0. The van der Waals surface area contributed by atoms with Crippen molar-refractivity contribution in [2.24, 2.45) is 5.92 Å². The Morgan fingerprint density at radius 1 is 1.19 bits per heavy atom. The number of aliphatic hydroxyl groups excluding tert-OH is 1. The molecule has 90 valence electrons. The Hall–Kier alpha value is -0.860. The smallest absolute Gasteiger partial charge is 0.0587 e. The van der Waals surface area contributed by atoms with E-state index in [4.69, 9.17) is 0 Å². The average molecular weight is 221 g/mol. The first-order valence-electron chi connectivity index (χ1n) is 5.98. The Kier molecular flexibility index (Phi) is 4.97. The molecule has 1 unspecified atom stereocenters. The second-order valence-corrected chi connectivity index (χ2v) is 4.78. The van der Waals surface area contributed by atoms with E-state index in [0.717, 1.165) is 0 Å². The Labute approximate surface area is 98.7 Å². The third-order valence-corrected chi connectivity index (χ3v) is 3.12. The normalized spacial score (nSPS) is 15.1. The van der Waals surface area contributed by atoms with Crippen molar-refractivity contribution < 1.29 is 5.11 Å². The molecule has 0 aliphatic heterocycles. The van der Waals surface area contributed by atoms with Gasteiger partial charge in [0.15, 0.2) is 0 Å². The molecule has 0 bridgehead atoms. The summed E-state index contributed by atoms with van der Waals surface area (Å²) < 4.78 is 0. The van der Waals surface area contributed by atoms with Crippen LogP contribution in [-0.2, 0) is 0 Å². The van der Waals surface area contributed by atoms with E-state index in [2.05, 4.69) is 57.3 Å². The zero-order chi connectivity index (χ0) is 12.1. The van der Waals surface area contributed by atoms with Crippen molar-refractivity contribution in [3.8, 4) is 0 Å². The molecular formula is C14H23NO. The highest BCUT2D eigenvalue weighted by Crippen LogP contribution is 2.18. The van der Waals surface area contributed by atoms with Crippen LogP contribution in [0, 0.1) is 12.8 Å². The van der Waals surface area contributed by atoms with E-state index in [1.165, 1.54) is 11.1 Å². The molecule has 0 heterocycles. The van der Waals surface area contributed by atoms with Crippen LogP contribution in [0.15, 0.2) is 24.3 Å². The zero-order valence-corrected chi connectivity index (χ0v) is 10.7. The molecule has 1 aromatic carbocycles. The molecule has 1 rings (SSSR count). The highest BCUT2D eigenvalue weighted by atomic mass is 16.3. The lowest BCUT2D eigenvalue weighted by Gasteiger charge is -2.25. The number of aryl methyl sites for hydroxylation is 1. The van der Waals surface area contributed by atoms with Crippen LogP contribution in [0.1, 0.15) is 37.9 Å². The quantitative estimate of drug-likeness (QED) is 0.801. The molecule has 0 radical (unpaired) electrons. The number of hydrogen-bond acceptors (Lipinski definition) is 2. The molecule has 2 atom stereocenters. The van der Waals surface area contributed by atoms with Crippen molar-refractivity contribution in [1.29, 1.82) is 0 Å². The number of nitrogens with one attached hydrogen (secondary N) is 1. The van der Waals surface area contributed by atoms with Gasteiger partial charge in [-0.1, -0.05) is 38.1 Å². The van der Waals surface area contributed by atoms with Gasteiger partial charge in [-0.2, -0.15) is 0 Å². The maximum absolute atomic E-state index is 9.30. The highest BCUT2D eigenvalue weighted by Gasteiger charge is 2.16. The van der Waals surface area contributed by atoms with Crippen molar-refractivity contribution in [3.05, 3.63) is 35.4 Å². The summed E-state index contributed by atoms with van der Waals surface area (Å²) in [5, 5.41) is 12.8. The molecule has 16 heavy (non-hydrogen) atoms. The van der Waals surface area contributed by atoms with Crippen LogP contribution >= 0.6 is 0 Å². The fraction of sp³-hybridized carbons (Fsp3) is 0.571. The summed E-state index contributed by atoms with van der Waals surface area (Å²) in [4.78, 5) is 0. The molecule has 0 amide bonds. The molecule has 0 aromatic heterocycles. The Bertz CT molecular complexity index is 322. The van der Waals surface area contributed by atoms with Gasteiger partial charge < -0.3 is 10.4 Å². The van der Waals surface area contributed by atoms with Crippen LogP contribution in [0.2, 0.25) is 0 Å². The second kappa shape index (κ2) is 6.02. The summed E-state index contributed by atoms with van der Waals surface area (Å²) in [6, 6.07) is 8.82. The molecule has 0 aliphatic carbocycles. The summed E-state index contributed by atoms with van der Waals surface area (Å²) in [7, 11) is 0. The maximum Gasteiger partial charge on any atom is 0.0587 e. The van der Waals surface area contributed by atoms with E-state index in [1.807, 2.05) is 0 Å². The Morgan fingerprint density at radius 3 is 2.31 bits per heavy atom. The number of benzene rings is 1. The average Bonchev–Trinajstić information content (AvgIpc) is 2.25. The van der Waals surface area contributed by atoms with Gasteiger partial charge in [-0.05, 0) is 30.9 Å². The highest BCUT2D eigenvalue weighted by molar-refractivity contribution is 5.28. The monoisotopic (exact) mass is 221 g/mol. The van der Waals surface area contributed by atoms with E-state index in [-0.39, 0.29) is 18.7 Å². The first-order valence-corrected chi connectivity index (χ1v) is 5.98. The molecular weight excluding hydrogens is 198 g/mol. The summed E-state index contributed by atoms with van der Waals surface area (Å²) >= 11 is 0. The zero-order valence-electron chi connectivity index (χ0n) is 10.7. The number of rotatable bonds is 5. The predicted octanol–water partition coefficient (Wildman–Crippen LogP) is 2.66. The van der Waals surface area contributed by atoms with Gasteiger partial charge in [0.1, 0.15) is 0 Å². The van der Waals surface area contributed by atoms with Crippen molar-refractivity contribution >= 4 is 0 Å². The molecule has 0 saturated heterocycles. The van der Waals surface area contributed by atoms with Crippen LogP contribution in [0.4, 0.5) is 0 Å². The maximum atomic E-state index is 9.30. The van der Waals surface area contributed by atoms with Crippen molar-refractivity contribution in [3.63, 3.8) is 0 Å². The van der Waals surface area contributed by atoms with Gasteiger partial charge >= 0.3 is 0 Å². The van der Waals surface area contributed by atoms with E-state index in [9.17, 15) is 5.11 Å². The Morgan fingerprint density at radius 2 is 1.81 bits per heavy atom. The van der Waals surface area contributed by atoms with Gasteiger partial charge in [0.05, 0.1) is 6.61 Å². The molecule has 0 spiro atoms. The van der Waals surface area contributed by atoms with Crippen molar-refractivity contribution in [2.75, 3.05) is 6.61 Å². The molecule has 0 fully saturated rings. The Balaban J connectivity index is 2.72. The fourth-order valence-electron chi connectivity index (χ4n) is 1.94. The number of aliphatic hydroxyl groups is 1. The number of hydrogen-bond donors (Lipinski definition) is 2. The van der Waals surface area contributed by atoms with Gasteiger partial charge in [-0.3, -0.25) is 0 Å². The van der Waals surface area contributed by atoms with E-state index >= 15 is 0 Å². The van der Waals surface area contributed by atoms with E-state index < -0.39 is 0 Å². The summed E-state index contributed by atoms with van der Waals surface area (Å²) in [6.45, 7) is 8.70. The standard InChI is InChI=1S/C14H23NO/c1-10(2)14(9-16)15-12(4)13-8-6-5-7-11(13)3/h5-8,10,12,14-16H,9H2,1-4H3/t12?,14-/m1/s1. The van der Waals surface area contributed by atoms with E-state index in [0.29, 0.717) is 5.92 Å². The molecule has 2 N–H and O–H groups in total. The predicted molar refractivity (Wildman–Crippen MR) is 68.4 cm³/mol. The summed E-state index contributed by atoms with van der Waals surface area (Å²) in [5.74, 6) is 0.441. The van der Waals surface area contributed by atoms with Crippen LogP contribution in [0.5, 0.6) is 0 Å². The van der Waals surface area contributed by atoms with Gasteiger partial charge in [0, 0.05) is 12.1 Å². The summed E-state index contributed by atoms with van der Waals surface area (Å²) in [5.41, 5.74) is 2.60. The van der Waals surface area contributed by atoms with Crippen molar-refractivity contribution in [1.82, 2.24) is 5.32 Å². The third kappa shape index (κ3) is 3.32. The van der Waals surface area contributed by atoms with Gasteiger partial charge in [0.2, 0.25) is 0 Å². The van der Waals surface area contributed by atoms with Crippen LogP contribution in [0.25, 0.3) is 0 Å². The topological polar surface area (TPSA) is 32.3 Å². The van der Waals surface area contributed by atoms with Gasteiger partial charge in [0.25, 0.3) is 0 Å². The first-order chi connectivity index (χ1) is 7.56. The lowest BCUT2D eigenvalue weighted by Crippen LogP contribution is -2.38. The van der Waals surface area contributed by atoms with E-state index in [1.54, 1.807) is 0 Å². The van der Waals surface area contributed by atoms with Crippen LogP contribution in [-0.4, -0.2) is 17.8 Å². The third-order valence-electron chi connectivity index (χ3n) is 3.12. The minimum atomic E-state index is 0.162. The van der Waals surface area contributed by atoms with Crippen LogP contribution in [0.3, 0.4) is 0 Å².